The molecule has 24 heavy (non-hydrogen) atoms. The lowest BCUT2D eigenvalue weighted by atomic mass is 10.1. The molecule has 0 heterocycles. The second-order valence-electron chi connectivity index (χ2n) is 5.28. The van der Waals surface area contributed by atoms with E-state index in [0.717, 1.165) is 0 Å². The lowest BCUT2D eigenvalue weighted by Gasteiger charge is -2.18. The van der Waals surface area contributed by atoms with E-state index in [0.29, 0.717) is 5.56 Å². The highest BCUT2D eigenvalue weighted by Crippen LogP contribution is 2.15. The largest absolute Gasteiger partial charge is 0.337 e. The summed E-state index contributed by atoms with van der Waals surface area (Å²) < 4.78 is 40.1. The minimum Gasteiger partial charge on any atom is -0.337 e. The van der Waals surface area contributed by atoms with Gasteiger partial charge >= 0.3 is 0 Å². The Morgan fingerprint density at radius 2 is 1.88 bits per heavy atom. The van der Waals surface area contributed by atoms with E-state index in [9.17, 15) is 17.6 Å². The van der Waals surface area contributed by atoms with Gasteiger partial charge in [0, 0.05) is 31.3 Å². The van der Waals surface area contributed by atoms with Gasteiger partial charge in [-0.1, -0.05) is 31.2 Å². The standard InChI is InChI=1S/C17H19FN2O3S/c1-3-19-24(22,23)15-9-6-8-13(11-15)17(21)20(2)12-14-7-4-5-10-16(14)18/h4-11,19H,3,12H2,1-2H3. The zero-order valence-electron chi connectivity index (χ0n) is 13.5. The van der Waals surface area contributed by atoms with Gasteiger partial charge in [0.1, 0.15) is 5.82 Å². The molecule has 0 saturated heterocycles. The number of halogens is 1. The molecule has 0 saturated carbocycles. The summed E-state index contributed by atoms with van der Waals surface area (Å²) in [6.07, 6.45) is 0. The first-order chi connectivity index (χ1) is 11.3. The molecule has 0 fully saturated rings. The van der Waals surface area contributed by atoms with Gasteiger partial charge in [-0.25, -0.2) is 17.5 Å². The first kappa shape index (κ1) is 18.1. The predicted molar refractivity (Wildman–Crippen MR) is 89.5 cm³/mol. The lowest BCUT2D eigenvalue weighted by molar-refractivity contribution is 0.0783. The number of hydrogen-bond donors (Lipinski definition) is 1. The molecule has 0 spiro atoms. The molecule has 5 nitrogen and oxygen atoms in total. The summed E-state index contributed by atoms with van der Waals surface area (Å²) in [5, 5.41) is 0. The summed E-state index contributed by atoms with van der Waals surface area (Å²) >= 11 is 0. The van der Waals surface area contributed by atoms with Gasteiger partial charge in [-0.2, -0.15) is 0 Å². The number of nitrogens with zero attached hydrogens (tertiary/aromatic N) is 1. The number of carbonyl (C=O) groups excluding carboxylic acids is 1. The second kappa shape index (κ2) is 7.55. The normalized spacial score (nSPS) is 11.3. The fraction of sp³-hybridized carbons (Fsp3) is 0.235. The van der Waals surface area contributed by atoms with Gasteiger partial charge in [0.2, 0.25) is 10.0 Å². The monoisotopic (exact) mass is 350 g/mol. The summed E-state index contributed by atoms with van der Waals surface area (Å²) in [4.78, 5) is 13.9. The van der Waals surface area contributed by atoms with Crippen LogP contribution in [0.2, 0.25) is 0 Å². The Balaban J connectivity index is 2.22. The van der Waals surface area contributed by atoms with E-state index >= 15 is 0 Å². The third-order valence-electron chi connectivity index (χ3n) is 3.44. The molecule has 1 N–H and O–H groups in total. The Morgan fingerprint density at radius 3 is 2.54 bits per heavy atom. The Morgan fingerprint density at radius 1 is 1.17 bits per heavy atom. The molecule has 0 aliphatic carbocycles. The first-order valence-corrected chi connectivity index (χ1v) is 8.92. The Bertz CT molecular complexity index is 837. The molecule has 2 rings (SSSR count). The van der Waals surface area contributed by atoms with E-state index in [1.165, 1.54) is 35.2 Å². The van der Waals surface area contributed by atoms with E-state index in [-0.39, 0.29) is 35.3 Å². The highest BCUT2D eigenvalue weighted by molar-refractivity contribution is 7.89. The summed E-state index contributed by atoms with van der Waals surface area (Å²) in [6.45, 7) is 2.03. The Hall–Kier alpha value is -2.25. The molecule has 0 aromatic heterocycles. The second-order valence-corrected chi connectivity index (χ2v) is 7.05. The first-order valence-electron chi connectivity index (χ1n) is 7.43. The van der Waals surface area contributed by atoms with E-state index < -0.39 is 10.0 Å². The molecule has 0 unspecified atom stereocenters. The van der Waals surface area contributed by atoms with Crippen molar-refractivity contribution >= 4 is 15.9 Å². The van der Waals surface area contributed by atoms with E-state index in [2.05, 4.69) is 4.72 Å². The predicted octanol–water partition coefficient (Wildman–Crippen LogP) is 2.40. The molecule has 0 atom stereocenters. The van der Waals surface area contributed by atoms with Crippen molar-refractivity contribution in [2.75, 3.05) is 13.6 Å². The maximum atomic E-state index is 13.7. The van der Waals surface area contributed by atoms with Crippen molar-refractivity contribution in [1.82, 2.24) is 9.62 Å². The van der Waals surface area contributed by atoms with Crippen LogP contribution in [0.4, 0.5) is 4.39 Å². The molecule has 0 radical (unpaired) electrons. The van der Waals surface area contributed by atoms with E-state index in [4.69, 9.17) is 0 Å². The molecule has 0 aliphatic rings. The van der Waals surface area contributed by atoms with Crippen LogP contribution in [0.5, 0.6) is 0 Å². The molecule has 0 bridgehead atoms. The van der Waals surface area contributed by atoms with Crippen molar-refractivity contribution in [1.29, 1.82) is 0 Å². The van der Waals surface area contributed by atoms with Gasteiger partial charge < -0.3 is 4.90 Å². The van der Waals surface area contributed by atoms with Gasteiger partial charge in [0.05, 0.1) is 4.90 Å². The zero-order valence-corrected chi connectivity index (χ0v) is 14.3. The number of rotatable bonds is 6. The van der Waals surface area contributed by atoms with Crippen LogP contribution in [0.15, 0.2) is 53.4 Å². The molecule has 7 heteroatoms. The number of amides is 1. The highest BCUT2D eigenvalue weighted by atomic mass is 32.2. The van der Waals surface area contributed by atoms with Gasteiger partial charge in [-0.15, -0.1) is 0 Å². The maximum Gasteiger partial charge on any atom is 0.253 e. The smallest absolute Gasteiger partial charge is 0.253 e. The SMILES string of the molecule is CCNS(=O)(=O)c1cccc(C(=O)N(C)Cc2ccccc2F)c1. The Labute approximate surface area is 141 Å². The highest BCUT2D eigenvalue weighted by Gasteiger charge is 2.18. The fourth-order valence-corrected chi connectivity index (χ4v) is 3.33. The number of benzene rings is 2. The van der Waals surface area contributed by atoms with Gasteiger partial charge in [-0.05, 0) is 24.3 Å². The van der Waals surface area contributed by atoms with Crippen molar-refractivity contribution in [3.05, 3.63) is 65.5 Å². The fourth-order valence-electron chi connectivity index (χ4n) is 2.24. The van der Waals surface area contributed by atoms with Crippen LogP contribution in [0.1, 0.15) is 22.8 Å². The van der Waals surface area contributed by atoms with Crippen LogP contribution >= 0.6 is 0 Å². The Kier molecular flexibility index (Phi) is 5.69. The summed E-state index contributed by atoms with van der Waals surface area (Å²) in [5.74, 6) is -0.771. The van der Waals surface area contributed by atoms with Crippen LogP contribution in [0.3, 0.4) is 0 Å². The van der Waals surface area contributed by atoms with Crippen molar-refractivity contribution in [3.8, 4) is 0 Å². The molecule has 0 aliphatic heterocycles. The minimum absolute atomic E-state index is 0.0227. The third kappa shape index (κ3) is 4.18. The number of sulfonamides is 1. The van der Waals surface area contributed by atoms with Crippen molar-refractivity contribution in [2.45, 2.75) is 18.4 Å². The number of nitrogens with one attached hydrogen (secondary N) is 1. The van der Waals surface area contributed by atoms with Crippen LogP contribution < -0.4 is 4.72 Å². The van der Waals surface area contributed by atoms with Crippen LogP contribution in [0, 0.1) is 5.82 Å². The average molecular weight is 350 g/mol. The van der Waals surface area contributed by atoms with E-state index in [1.54, 1.807) is 32.2 Å². The van der Waals surface area contributed by atoms with Crippen molar-refractivity contribution in [2.24, 2.45) is 0 Å². The minimum atomic E-state index is -3.64. The average Bonchev–Trinajstić information content (AvgIpc) is 2.56. The molecular weight excluding hydrogens is 331 g/mol. The number of hydrogen-bond acceptors (Lipinski definition) is 3. The van der Waals surface area contributed by atoms with Gasteiger partial charge in [0.15, 0.2) is 0 Å². The summed E-state index contributed by atoms with van der Waals surface area (Å²) in [5.41, 5.74) is 0.623. The molecule has 128 valence electrons. The third-order valence-corrected chi connectivity index (χ3v) is 4.98. The van der Waals surface area contributed by atoms with Gasteiger partial charge in [-0.3, -0.25) is 4.79 Å². The topological polar surface area (TPSA) is 66.5 Å². The lowest BCUT2D eigenvalue weighted by Crippen LogP contribution is -2.27. The molecule has 1 amide bonds. The number of carbonyl (C=O) groups is 1. The maximum absolute atomic E-state index is 13.7. The molecular formula is C17H19FN2O3S. The van der Waals surface area contributed by atoms with E-state index in [1.807, 2.05) is 0 Å². The zero-order chi connectivity index (χ0) is 17.7. The summed E-state index contributed by atoms with van der Waals surface area (Å²) in [6, 6.07) is 12.0. The van der Waals surface area contributed by atoms with Crippen LogP contribution in [-0.2, 0) is 16.6 Å². The summed E-state index contributed by atoms with van der Waals surface area (Å²) in [7, 11) is -2.10. The van der Waals surface area contributed by atoms with Crippen LogP contribution in [0.25, 0.3) is 0 Å². The molecule has 2 aromatic carbocycles. The van der Waals surface area contributed by atoms with Gasteiger partial charge in [0.25, 0.3) is 5.91 Å². The van der Waals surface area contributed by atoms with Crippen molar-refractivity contribution < 1.29 is 17.6 Å². The van der Waals surface area contributed by atoms with Crippen LogP contribution in [-0.4, -0.2) is 32.8 Å². The molecule has 2 aromatic rings. The van der Waals surface area contributed by atoms with Crippen molar-refractivity contribution in [3.63, 3.8) is 0 Å². The quantitative estimate of drug-likeness (QED) is 0.870.